The molecule has 1 aromatic carbocycles. The van der Waals surface area contributed by atoms with Crippen LogP contribution in [-0.4, -0.2) is 33.8 Å². The predicted molar refractivity (Wildman–Crippen MR) is 120 cm³/mol. The maximum atomic E-state index is 5.45. The topological polar surface area (TPSA) is 73.6 Å². The van der Waals surface area contributed by atoms with E-state index >= 15 is 0 Å². The first kappa shape index (κ1) is 21.9. The highest BCUT2D eigenvalue weighted by Crippen LogP contribution is 2.35. The Morgan fingerprint density at radius 2 is 1.77 bits per heavy atom. The summed E-state index contributed by atoms with van der Waals surface area (Å²) in [6.07, 6.45) is 8.05. The van der Waals surface area contributed by atoms with Crippen molar-refractivity contribution in [1.29, 1.82) is 0 Å². The summed E-state index contributed by atoms with van der Waals surface area (Å²) >= 11 is 0. The van der Waals surface area contributed by atoms with Crippen molar-refractivity contribution >= 4 is 17.2 Å². The van der Waals surface area contributed by atoms with E-state index in [1.165, 1.54) is 32.1 Å². The minimum Gasteiger partial charge on any atom is -0.493 e. The highest BCUT2D eigenvalue weighted by Gasteiger charge is 2.22. The van der Waals surface area contributed by atoms with Gasteiger partial charge in [0, 0.05) is 17.7 Å². The molecule has 1 aliphatic carbocycles. The van der Waals surface area contributed by atoms with Crippen LogP contribution < -0.4 is 14.8 Å². The lowest BCUT2D eigenvalue weighted by molar-refractivity contribution is 0.353. The third-order valence-corrected chi connectivity index (χ3v) is 5.49. The lowest BCUT2D eigenvalue weighted by Crippen LogP contribution is -2.11. The standard InChI is InChI=1S/C21H27N5O2.C2H6/c1-13-10-16(11-18(27-3)19(13)28-4)24-21-22-12-17-14(2)23-20(26(17)25-21)15-8-6-5-7-9-15;1-2/h10-12,15H,5-9H2,1-4H3,(H,24,25);1-2H3. The maximum Gasteiger partial charge on any atom is 0.245 e. The zero-order valence-corrected chi connectivity index (χ0v) is 19.0. The van der Waals surface area contributed by atoms with Crippen molar-refractivity contribution in [2.45, 2.75) is 65.7 Å². The van der Waals surface area contributed by atoms with Gasteiger partial charge in [0.2, 0.25) is 5.95 Å². The Hall–Kier alpha value is -2.83. The van der Waals surface area contributed by atoms with Crippen molar-refractivity contribution in [3.8, 4) is 11.5 Å². The molecule has 0 saturated heterocycles. The van der Waals surface area contributed by atoms with Gasteiger partial charge in [-0.25, -0.2) is 14.5 Å². The molecule has 1 fully saturated rings. The van der Waals surface area contributed by atoms with Crippen LogP contribution in [-0.2, 0) is 0 Å². The maximum absolute atomic E-state index is 5.45. The Kier molecular flexibility index (Phi) is 7.13. The van der Waals surface area contributed by atoms with E-state index in [1.807, 2.05) is 50.5 Å². The third-order valence-electron chi connectivity index (χ3n) is 5.49. The van der Waals surface area contributed by atoms with E-state index in [1.54, 1.807) is 14.2 Å². The number of imidazole rings is 1. The van der Waals surface area contributed by atoms with Gasteiger partial charge in [-0.15, -0.1) is 5.10 Å². The molecule has 4 rings (SSSR count). The second-order valence-corrected chi connectivity index (χ2v) is 7.42. The smallest absolute Gasteiger partial charge is 0.245 e. The van der Waals surface area contributed by atoms with Gasteiger partial charge in [-0.05, 0) is 38.3 Å². The number of nitrogens with one attached hydrogen (secondary N) is 1. The van der Waals surface area contributed by atoms with Crippen LogP contribution in [0.1, 0.15) is 69.0 Å². The van der Waals surface area contributed by atoms with Gasteiger partial charge in [0.1, 0.15) is 11.3 Å². The van der Waals surface area contributed by atoms with Crippen molar-refractivity contribution in [3.63, 3.8) is 0 Å². The van der Waals surface area contributed by atoms with Crippen molar-refractivity contribution in [2.75, 3.05) is 19.5 Å². The van der Waals surface area contributed by atoms with Gasteiger partial charge in [0.25, 0.3) is 0 Å². The molecule has 1 N–H and O–H groups in total. The fourth-order valence-electron chi connectivity index (χ4n) is 4.09. The Morgan fingerprint density at radius 3 is 2.43 bits per heavy atom. The zero-order chi connectivity index (χ0) is 21.7. The van der Waals surface area contributed by atoms with E-state index < -0.39 is 0 Å². The number of hydrogen-bond acceptors (Lipinski definition) is 6. The fourth-order valence-corrected chi connectivity index (χ4v) is 4.09. The Bertz CT molecular complexity index is 993. The molecule has 162 valence electrons. The fraction of sp³-hybridized carbons (Fsp3) is 0.522. The molecule has 0 bridgehead atoms. The molecule has 7 nitrogen and oxygen atoms in total. The number of anilines is 2. The summed E-state index contributed by atoms with van der Waals surface area (Å²) in [6, 6.07) is 3.89. The number of aryl methyl sites for hydroxylation is 2. The summed E-state index contributed by atoms with van der Waals surface area (Å²) in [7, 11) is 3.28. The van der Waals surface area contributed by atoms with Gasteiger partial charge < -0.3 is 14.8 Å². The highest BCUT2D eigenvalue weighted by atomic mass is 16.5. The van der Waals surface area contributed by atoms with Crippen molar-refractivity contribution < 1.29 is 9.47 Å². The Morgan fingerprint density at radius 1 is 1.03 bits per heavy atom. The molecule has 0 atom stereocenters. The zero-order valence-electron chi connectivity index (χ0n) is 19.0. The van der Waals surface area contributed by atoms with Crippen LogP contribution in [0.15, 0.2) is 18.3 Å². The average Bonchev–Trinajstić information content (AvgIpc) is 3.11. The number of fused-ring (bicyclic) bond motifs is 1. The van der Waals surface area contributed by atoms with Crippen LogP contribution >= 0.6 is 0 Å². The molecule has 3 aromatic rings. The van der Waals surface area contributed by atoms with E-state index in [0.29, 0.717) is 17.6 Å². The van der Waals surface area contributed by atoms with Crippen LogP contribution in [0.25, 0.3) is 5.52 Å². The van der Waals surface area contributed by atoms with Gasteiger partial charge in [-0.3, -0.25) is 0 Å². The normalized spacial score (nSPS) is 14.2. The number of benzene rings is 1. The molecule has 30 heavy (non-hydrogen) atoms. The third kappa shape index (κ3) is 4.35. The van der Waals surface area contributed by atoms with E-state index in [2.05, 4.69) is 10.3 Å². The summed E-state index contributed by atoms with van der Waals surface area (Å²) in [5.74, 6) is 3.47. The summed E-state index contributed by atoms with van der Waals surface area (Å²) in [5, 5.41) is 8.05. The molecule has 2 heterocycles. The molecule has 0 unspecified atom stereocenters. The minimum absolute atomic E-state index is 0.473. The van der Waals surface area contributed by atoms with Crippen molar-refractivity contribution in [3.05, 3.63) is 35.4 Å². The second kappa shape index (κ2) is 9.78. The van der Waals surface area contributed by atoms with Crippen molar-refractivity contribution in [1.82, 2.24) is 19.6 Å². The van der Waals surface area contributed by atoms with Gasteiger partial charge in [-0.2, -0.15) is 0 Å². The number of rotatable bonds is 5. The molecule has 1 aliphatic rings. The number of aromatic nitrogens is 4. The quantitative estimate of drug-likeness (QED) is 0.591. The van der Waals surface area contributed by atoms with Gasteiger partial charge >= 0.3 is 0 Å². The molecular formula is C23H33N5O2. The average molecular weight is 412 g/mol. The van der Waals surface area contributed by atoms with Crippen LogP contribution in [0, 0.1) is 13.8 Å². The van der Waals surface area contributed by atoms with Crippen molar-refractivity contribution in [2.24, 2.45) is 0 Å². The Labute approximate surface area is 178 Å². The van der Waals surface area contributed by atoms with Crippen LogP contribution in [0.4, 0.5) is 11.6 Å². The first-order valence-corrected chi connectivity index (χ1v) is 10.8. The van der Waals surface area contributed by atoms with Crippen LogP contribution in [0.3, 0.4) is 0 Å². The minimum atomic E-state index is 0.473. The van der Waals surface area contributed by atoms with Crippen LogP contribution in [0.2, 0.25) is 0 Å². The lowest BCUT2D eigenvalue weighted by Gasteiger charge is -2.20. The van der Waals surface area contributed by atoms with E-state index in [9.17, 15) is 0 Å². The molecule has 0 amide bonds. The molecule has 0 radical (unpaired) electrons. The summed E-state index contributed by atoms with van der Waals surface area (Å²) in [5.41, 5.74) is 3.78. The molecule has 1 saturated carbocycles. The first-order valence-electron chi connectivity index (χ1n) is 10.8. The largest absolute Gasteiger partial charge is 0.493 e. The van der Waals surface area contributed by atoms with E-state index in [4.69, 9.17) is 19.6 Å². The van der Waals surface area contributed by atoms with Gasteiger partial charge in [-0.1, -0.05) is 33.1 Å². The first-order chi connectivity index (χ1) is 14.6. The molecule has 0 aliphatic heterocycles. The highest BCUT2D eigenvalue weighted by molar-refractivity contribution is 5.63. The summed E-state index contributed by atoms with van der Waals surface area (Å²) in [6.45, 7) is 8.01. The lowest BCUT2D eigenvalue weighted by atomic mass is 9.89. The number of nitrogens with zero attached hydrogens (tertiary/aromatic N) is 4. The SMILES string of the molecule is CC.COc1cc(Nc2ncc3c(C)nc(C4CCCCC4)n3n2)cc(C)c1OC. The number of ether oxygens (including phenoxy) is 2. The molecule has 2 aromatic heterocycles. The number of hydrogen-bond donors (Lipinski definition) is 1. The van der Waals surface area contributed by atoms with Crippen LogP contribution in [0.5, 0.6) is 11.5 Å². The summed E-state index contributed by atoms with van der Waals surface area (Å²) < 4.78 is 12.8. The van der Waals surface area contributed by atoms with E-state index in [0.717, 1.165) is 34.0 Å². The van der Waals surface area contributed by atoms with Gasteiger partial charge in [0.15, 0.2) is 11.5 Å². The monoisotopic (exact) mass is 411 g/mol. The van der Waals surface area contributed by atoms with E-state index in [-0.39, 0.29) is 0 Å². The Balaban J connectivity index is 0.00000124. The van der Waals surface area contributed by atoms with Gasteiger partial charge in [0.05, 0.1) is 26.1 Å². The predicted octanol–water partition coefficient (Wildman–Crippen LogP) is 5.58. The molecule has 7 heteroatoms. The molecule has 0 spiro atoms. The molecular weight excluding hydrogens is 378 g/mol. The second-order valence-electron chi connectivity index (χ2n) is 7.42. The number of methoxy groups -OCH3 is 2. The summed E-state index contributed by atoms with van der Waals surface area (Å²) in [4.78, 5) is 9.32.